The van der Waals surface area contributed by atoms with Crippen LogP contribution in [0.5, 0.6) is 0 Å². The van der Waals surface area contributed by atoms with Crippen LogP contribution in [0.25, 0.3) is 22.0 Å². The minimum Gasteiger partial charge on any atom is -0.392 e. The van der Waals surface area contributed by atoms with Crippen molar-refractivity contribution < 1.29 is 9.90 Å². The minimum absolute atomic E-state index is 0.241. The molecule has 188 valence electrons. The number of nitrogens with zero attached hydrogens (tertiary/aromatic N) is 4. The summed E-state index contributed by atoms with van der Waals surface area (Å²) < 4.78 is 0. The first kappa shape index (κ1) is 24.4. The van der Waals surface area contributed by atoms with E-state index < -0.39 is 0 Å². The molecule has 0 atom stereocenters. The maximum absolute atomic E-state index is 11.9. The Morgan fingerprint density at radius 3 is 2.49 bits per heavy atom. The van der Waals surface area contributed by atoms with Crippen molar-refractivity contribution in [2.24, 2.45) is 0 Å². The van der Waals surface area contributed by atoms with Crippen molar-refractivity contribution in [1.29, 1.82) is 0 Å². The Labute approximate surface area is 216 Å². The first-order valence-electron chi connectivity index (χ1n) is 12.3. The smallest absolute Gasteiger partial charge is 0.247 e. The Morgan fingerprint density at radius 1 is 1.03 bits per heavy atom. The molecule has 0 spiro atoms. The SMILES string of the molecule is C=CC(=O)Nc1cccc(-c2cccc3cnc(Nc4ccc(N5CCN(C)CC5)cc4)nc23)c1CO. The van der Waals surface area contributed by atoms with Gasteiger partial charge in [0, 0.05) is 66.0 Å². The van der Waals surface area contributed by atoms with E-state index in [0.29, 0.717) is 17.2 Å². The van der Waals surface area contributed by atoms with Crippen molar-refractivity contribution in [3.8, 4) is 11.1 Å². The number of carbonyl (C=O) groups excluding carboxylic acids is 1. The number of fused-ring (bicyclic) bond motifs is 1. The van der Waals surface area contributed by atoms with E-state index in [1.54, 1.807) is 12.3 Å². The molecule has 1 aliphatic heterocycles. The van der Waals surface area contributed by atoms with E-state index in [0.717, 1.165) is 53.9 Å². The van der Waals surface area contributed by atoms with Gasteiger partial charge in [-0.25, -0.2) is 9.97 Å². The lowest BCUT2D eigenvalue weighted by Gasteiger charge is -2.34. The number of benzene rings is 3. The van der Waals surface area contributed by atoms with Crippen LogP contribution in [0.3, 0.4) is 0 Å². The van der Waals surface area contributed by atoms with E-state index >= 15 is 0 Å². The van der Waals surface area contributed by atoms with Gasteiger partial charge in [-0.05, 0) is 49.0 Å². The van der Waals surface area contributed by atoms with Gasteiger partial charge in [-0.2, -0.15) is 0 Å². The van der Waals surface area contributed by atoms with E-state index in [1.165, 1.54) is 11.8 Å². The molecule has 0 radical (unpaired) electrons. The van der Waals surface area contributed by atoms with E-state index in [-0.39, 0.29) is 12.5 Å². The van der Waals surface area contributed by atoms with E-state index in [2.05, 4.69) is 51.2 Å². The number of nitrogens with one attached hydrogen (secondary N) is 2. The molecule has 1 aromatic heterocycles. The average molecular weight is 495 g/mol. The van der Waals surface area contributed by atoms with Crippen molar-refractivity contribution in [2.45, 2.75) is 6.61 Å². The summed E-state index contributed by atoms with van der Waals surface area (Å²) in [7, 11) is 2.15. The second-order valence-electron chi connectivity index (χ2n) is 9.08. The number of hydrogen-bond donors (Lipinski definition) is 3. The summed E-state index contributed by atoms with van der Waals surface area (Å²) in [5, 5.41) is 17.1. The summed E-state index contributed by atoms with van der Waals surface area (Å²) >= 11 is 0. The predicted octanol–water partition coefficient (Wildman–Crippen LogP) is 4.41. The van der Waals surface area contributed by atoms with Crippen LogP contribution < -0.4 is 15.5 Å². The number of aromatic nitrogens is 2. The Hall–Kier alpha value is -4.27. The van der Waals surface area contributed by atoms with Crippen molar-refractivity contribution in [1.82, 2.24) is 14.9 Å². The second-order valence-corrected chi connectivity index (χ2v) is 9.08. The van der Waals surface area contributed by atoms with Crippen molar-refractivity contribution in [3.05, 3.63) is 85.1 Å². The van der Waals surface area contributed by atoms with Gasteiger partial charge in [0.05, 0.1) is 12.1 Å². The van der Waals surface area contributed by atoms with Crippen molar-refractivity contribution >= 4 is 39.8 Å². The van der Waals surface area contributed by atoms with E-state index in [1.807, 2.05) is 42.5 Å². The number of para-hydroxylation sites is 1. The van der Waals surface area contributed by atoms with Crippen molar-refractivity contribution in [2.75, 3.05) is 48.8 Å². The maximum Gasteiger partial charge on any atom is 0.247 e. The largest absolute Gasteiger partial charge is 0.392 e. The van der Waals surface area contributed by atoms with Gasteiger partial charge in [0.25, 0.3) is 0 Å². The number of hydrogen-bond acceptors (Lipinski definition) is 7. The summed E-state index contributed by atoms with van der Waals surface area (Å²) in [5.74, 6) is 0.145. The Balaban J connectivity index is 1.44. The summed E-state index contributed by atoms with van der Waals surface area (Å²) in [6.45, 7) is 7.44. The molecule has 3 aromatic carbocycles. The Kier molecular flexibility index (Phi) is 7.11. The number of rotatable bonds is 7. The van der Waals surface area contributed by atoms with Crippen LogP contribution >= 0.6 is 0 Å². The fraction of sp³-hybridized carbons (Fsp3) is 0.207. The number of carbonyl (C=O) groups is 1. The predicted molar refractivity (Wildman–Crippen MR) is 149 cm³/mol. The highest BCUT2D eigenvalue weighted by molar-refractivity contribution is 6.01. The molecule has 1 saturated heterocycles. The number of likely N-dealkylation sites (N-methyl/N-ethyl adjacent to an activating group) is 1. The molecular weight excluding hydrogens is 464 g/mol. The summed E-state index contributed by atoms with van der Waals surface area (Å²) in [6.07, 6.45) is 2.99. The molecule has 8 heteroatoms. The van der Waals surface area contributed by atoms with Crippen LogP contribution in [-0.4, -0.2) is 59.1 Å². The second kappa shape index (κ2) is 10.8. The van der Waals surface area contributed by atoms with Gasteiger partial charge in [-0.15, -0.1) is 0 Å². The zero-order valence-electron chi connectivity index (χ0n) is 20.8. The molecular formula is C29H30N6O2. The Bertz CT molecular complexity index is 1430. The highest BCUT2D eigenvalue weighted by Gasteiger charge is 2.16. The minimum atomic E-state index is -0.336. The molecule has 37 heavy (non-hydrogen) atoms. The molecule has 5 rings (SSSR count). The summed E-state index contributed by atoms with van der Waals surface area (Å²) in [4.78, 5) is 26.0. The molecule has 1 amide bonds. The van der Waals surface area contributed by atoms with Gasteiger partial charge in [0.1, 0.15) is 0 Å². The van der Waals surface area contributed by atoms with Crippen LogP contribution in [0.2, 0.25) is 0 Å². The summed E-state index contributed by atoms with van der Waals surface area (Å²) in [5.41, 5.74) is 5.63. The maximum atomic E-state index is 11.9. The monoisotopic (exact) mass is 494 g/mol. The molecule has 1 fully saturated rings. The lowest BCUT2D eigenvalue weighted by molar-refractivity contribution is -0.111. The first-order valence-corrected chi connectivity index (χ1v) is 12.3. The van der Waals surface area contributed by atoms with Crippen LogP contribution in [0, 0.1) is 0 Å². The third kappa shape index (κ3) is 5.30. The molecule has 8 nitrogen and oxygen atoms in total. The molecule has 2 heterocycles. The molecule has 3 N–H and O–H groups in total. The third-order valence-corrected chi connectivity index (χ3v) is 6.67. The summed E-state index contributed by atoms with van der Waals surface area (Å²) in [6, 6.07) is 19.7. The molecule has 1 aliphatic rings. The highest BCUT2D eigenvalue weighted by Crippen LogP contribution is 2.34. The number of aliphatic hydroxyl groups excluding tert-OH is 1. The average Bonchev–Trinajstić information content (AvgIpc) is 2.93. The normalized spacial score (nSPS) is 13.9. The quantitative estimate of drug-likeness (QED) is 0.328. The lowest BCUT2D eigenvalue weighted by atomic mass is 9.96. The number of piperazine rings is 1. The fourth-order valence-corrected chi connectivity index (χ4v) is 4.59. The molecule has 4 aromatic rings. The zero-order chi connectivity index (χ0) is 25.8. The van der Waals surface area contributed by atoms with Crippen LogP contribution in [0.4, 0.5) is 23.0 Å². The highest BCUT2D eigenvalue weighted by atomic mass is 16.3. The molecule has 0 saturated carbocycles. The van der Waals surface area contributed by atoms with Crippen LogP contribution in [0.1, 0.15) is 5.56 Å². The van der Waals surface area contributed by atoms with E-state index in [4.69, 9.17) is 4.98 Å². The van der Waals surface area contributed by atoms with Gasteiger partial charge in [0.15, 0.2) is 0 Å². The lowest BCUT2D eigenvalue weighted by Crippen LogP contribution is -2.44. The zero-order valence-corrected chi connectivity index (χ0v) is 20.8. The van der Waals surface area contributed by atoms with Gasteiger partial charge in [-0.3, -0.25) is 4.79 Å². The van der Waals surface area contributed by atoms with Crippen molar-refractivity contribution in [3.63, 3.8) is 0 Å². The third-order valence-electron chi connectivity index (χ3n) is 6.67. The number of amides is 1. The molecule has 0 bridgehead atoms. The topological polar surface area (TPSA) is 93.6 Å². The van der Waals surface area contributed by atoms with Gasteiger partial charge in [0.2, 0.25) is 11.9 Å². The standard InChI is InChI=1S/C29H30N6O2/c1-3-27(37)32-26-9-5-7-23(25(26)19-36)24-8-4-6-20-18-30-29(33-28(20)24)31-21-10-12-22(13-11-21)35-16-14-34(2)15-17-35/h3-13,18,36H,1,14-17,19H2,2H3,(H,32,37)(H,30,31,33). The Morgan fingerprint density at radius 2 is 1.76 bits per heavy atom. The van der Waals surface area contributed by atoms with Crippen LogP contribution in [-0.2, 0) is 11.4 Å². The first-order chi connectivity index (χ1) is 18.1. The number of aliphatic hydroxyl groups is 1. The molecule has 0 aliphatic carbocycles. The molecule has 0 unspecified atom stereocenters. The fourth-order valence-electron chi connectivity index (χ4n) is 4.59. The van der Waals surface area contributed by atoms with Crippen LogP contribution in [0.15, 0.2) is 79.5 Å². The number of anilines is 4. The van der Waals surface area contributed by atoms with Gasteiger partial charge in [-0.1, -0.05) is 36.9 Å². The van der Waals surface area contributed by atoms with E-state index in [9.17, 15) is 9.90 Å². The van der Waals surface area contributed by atoms with Gasteiger partial charge < -0.3 is 25.5 Å². The van der Waals surface area contributed by atoms with Gasteiger partial charge >= 0.3 is 0 Å².